The molecular formula is C16H23N3OS. The highest BCUT2D eigenvalue weighted by Crippen LogP contribution is 2.29. The van der Waals surface area contributed by atoms with E-state index in [4.69, 9.17) is 10.2 Å². The Hall–Kier alpha value is -1.17. The SMILES string of the molecule is CN(Cc1coc(-c2cccs2)n1)C1CCCCC1CN. The van der Waals surface area contributed by atoms with Gasteiger partial charge in [-0.3, -0.25) is 4.90 Å². The molecule has 3 rings (SSSR count). The third-order valence-electron chi connectivity index (χ3n) is 4.43. The Labute approximate surface area is 130 Å². The van der Waals surface area contributed by atoms with Crippen molar-refractivity contribution in [3.05, 3.63) is 29.5 Å². The third-order valence-corrected chi connectivity index (χ3v) is 5.29. The lowest BCUT2D eigenvalue weighted by Gasteiger charge is -2.37. The van der Waals surface area contributed by atoms with Gasteiger partial charge in [0.25, 0.3) is 0 Å². The number of thiophene rings is 1. The summed E-state index contributed by atoms with van der Waals surface area (Å²) in [5, 5.41) is 2.04. The maximum atomic E-state index is 5.93. The second-order valence-corrected chi connectivity index (χ2v) is 6.83. The number of hydrogen-bond acceptors (Lipinski definition) is 5. The predicted octanol–water partition coefficient (Wildman–Crippen LogP) is 3.35. The van der Waals surface area contributed by atoms with Crippen LogP contribution in [0.4, 0.5) is 0 Å². The zero-order chi connectivity index (χ0) is 14.7. The first-order valence-corrected chi connectivity index (χ1v) is 8.54. The predicted molar refractivity (Wildman–Crippen MR) is 86.1 cm³/mol. The molecule has 0 radical (unpaired) electrons. The number of nitrogens with two attached hydrogens (primary N) is 1. The maximum Gasteiger partial charge on any atom is 0.236 e. The van der Waals surface area contributed by atoms with Crippen LogP contribution in [0.2, 0.25) is 0 Å². The van der Waals surface area contributed by atoms with Gasteiger partial charge in [0.1, 0.15) is 6.26 Å². The Kier molecular flexibility index (Phi) is 4.73. The van der Waals surface area contributed by atoms with Gasteiger partial charge in [-0.25, -0.2) is 4.98 Å². The van der Waals surface area contributed by atoms with Gasteiger partial charge < -0.3 is 10.2 Å². The van der Waals surface area contributed by atoms with Crippen molar-refractivity contribution in [2.24, 2.45) is 11.7 Å². The number of aromatic nitrogens is 1. The van der Waals surface area contributed by atoms with Gasteiger partial charge in [-0.15, -0.1) is 11.3 Å². The quantitative estimate of drug-likeness (QED) is 0.920. The van der Waals surface area contributed by atoms with Gasteiger partial charge in [0.15, 0.2) is 0 Å². The molecule has 1 aliphatic carbocycles. The van der Waals surface area contributed by atoms with Crippen LogP contribution in [0.5, 0.6) is 0 Å². The van der Waals surface area contributed by atoms with E-state index in [-0.39, 0.29) is 0 Å². The molecule has 2 unspecified atom stereocenters. The largest absolute Gasteiger partial charge is 0.444 e. The summed E-state index contributed by atoms with van der Waals surface area (Å²) in [6, 6.07) is 4.63. The van der Waals surface area contributed by atoms with E-state index in [1.54, 1.807) is 17.6 Å². The standard InChI is InChI=1S/C16H23N3OS/c1-19(14-6-3-2-5-12(14)9-17)10-13-11-20-16(18-13)15-7-4-8-21-15/h4,7-8,11-12,14H,2-3,5-6,9-10,17H2,1H3. The molecule has 2 N–H and O–H groups in total. The van der Waals surface area contributed by atoms with Crippen molar-refractivity contribution in [1.29, 1.82) is 0 Å². The van der Waals surface area contributed by atoms with Crippen molar-refractivity contribution in [2.45, 2.75) is 38.3 Å². The van der Waals surface area contributed by atoms with Crippen LogP contribution in [0.15, 0.2) is 28.2 Å². The van der Waals surface area contributed by atoms with Gasteiger partial charge >= 0.3 is 0 Å². The van der Waals surface area contributed by atoms with Crippen LogP contribution in [0, 0.1) is 5.92 Å². The van der Waals surface area contributed by atoms with Gasteiger partial charge in [0.2, 0.25) is 5.89 Å². The Balaban J connectivity index is 1.65. The van der Waals surface area contributed by atoms with E-state index in [1.807, 2.05) is 17.5 Å². The Morgan fingerprint density at radius 2 is 2.29 bits per heavy atom. The van der Waals surface area contributed by atoms with Crippen LogP contribution in [0.3, 0.4) is 0 Å². The number of hydrogen-bond donors (Lipinski definition) is 1. The van der Waals surface area contributed by atoms with E-state index in [1.165, 1.54) is 25.7 Å². The minimum absolute atomic E-state index is 0.575. The van der Waals surface area contributed by atoms with E-state index in [0.717, 1.165) is 29.6 Å². The first kappa shape index (κ1) is 14.8. The molecule has 2 aromatic rings. The average molecular weight is 305 g/mol. The maximum absolute atomic E-state index is 5.93. The molecule has 0 amide bonds. The van der Waals surface area contributed by atoms with Crippen molar-refractivity contribution in [2.75, 3.05) is 13.6 Å². The first-order valence-electron chi connectivity index (χ1n) is 7.66. The molecule has 0 saturated heterocycles. The van der Waals surface area contributed by atoms with Gasteiger partial charge in [0, 0.05) is 12.6 Å². The van der Waals surface area contributed by atoms with Gasteiger partial charge in [-0.1, -0.05) is 18.9 Å². The molecule has 4 nitrogen and oxygen atoms in total. The second-order valence-electron chi connectivity index (χ2n) is 5.88. The van der Waals surface area contributed by atoms with Crippen LogP contribution < -0.4 is 5.73 Å². The summed E-state index contributed by atoms with van der Waals surface area (Å²) in [6.45, 7) is 1.62. The van der Waals surface area contributed by atoms with Crippen LogP contribution >= 0.6 is 11.3 Å². The molecule has 0 spiro atoms. The zero-order valence-electron chi connectivity index (χ0n) is 12.5. The molecule has 0 aromatic carbocycles. The van der Waals surface area contributed by atoms with Gasteiger partial charge in [-0.05, 0) is 43.8 Å². The van der Waals surface area contributed by atoms with E-state index in [9.17, 15) is 0 Å². The Bertz CT molecular complexity index is 552. The van der Waals surface area contributed by atoms with Crippen molar-refractivity contribution in [3.8, 4) is 10.8 Å². The fraction of sp³-hybridized carbons (Fsp3) is 0.562. The lowest BCUT2D eigenvalue weighted by Crippen LogP contribution is -2.42. The van der Waals surface area contributed by atoms with Gasteiger partial charge in [0.05, 0.1) is 10.6 Å². The topological polar surface area (TPSA) is 55.3 Å². The number of rotatable bonds is 5. The Morgan fingerprint density at radius 3 is 3.05 bits per heavy atom. The molecule has 0 bridgehead atoms. The smallest absolute Gasteiger partial charge is 0.236 e. The first-order chi connectivity index (χ1) is 10.3. The monoisotopic (exact) mass is 305 g/mol. The molecule has 2 atom stereocenters. The lowest BCUT2D eigenvalue weighted by atomic mass is 9.83. The normalized spacial score (nSPS) is 22.8. The minimum Gasteiger partial charge on any atom is -0.444 e. The summed E-state index contributed by atoms with van der Waals surface area (Å²) in [5.74, 6) is 1.35. The highest BCUT2D eigenvalue weighted by Gasteiger charge is 2.27. The van der Waals surface area contributed by atoms with E-state index >= 15 is 0 Å². The highest BCUT2D eigenvalue weighted by molar-refractivity contribution is 7.13. The van der Waals surface area contributed by atoms with Crippen LogP contribution in [0.25, 0.3) is 10.8 Å². The van der Waals surface area contributed by atoms with Crippen molar-refractivity contribution >= 4 is 11.3 Å². The van der Waals surface area contributed by atoms with Crippen molar-refractivity contribution in [1.82, 2.24) is 9.88 Å². The number of oxazole rings is 1. The average Bonchev–Trinajstić information content (AvgIpc) is 3.17. The third kappa shape index (κ3) is 3.36. The summed E-state index contributed by atoms with van der Waals surface area (Å²) >= 11 is 1.65. The fourth-order valence-electron chi connectivity index (χ4n) is 3.31. The highest BCUT2D eigenvalue weighted by atomic mass is 32.1. The Morgan fingerprint density at radius 1 is 1.43 bits per heavy atom. The molecule has 1 saturated carbocycles. The molecule has 1 aliphatic rings. The van der Waals surface area contributed by atoms with Crippen molar-refractivity contribution in [3.63, 3.8) is 0 Å². The number of nitrogens with zero attached hydrogens (tertiary/aromatic N) is 2. The minimum atomic E-state index is 0.575. The fourth-order valence-corrected chi connectivity index (χ4v) is 3.96. The summed E-state index contributed by atoms with van der Waals surface area (Å²) in [4.78, 5) is 8.09. The second kappa shape index (κ2) is 6.73. The summed E-state index contributed by atoms with van der Waals surface area (Å²) in [6.07, 6.45) is 6.91. The van der Waals surface area contributed by atoms with Crippen LogP contribution in [-0.2, 0) is 6.54 Å². The lowest BCUT2D eigenvalue weighted by molar-refractivity contribution is 0.126. The van der Waals surface area contributed by atoms with Gasteiger partial charge in [-0.2, -0.15) is 0 Å². The van der Waals surface area contributed by atoms with E-state index < -0.39 is 0 Å². The molecule has 0 aliphatic heterocycles. The van der Waals surface area contributed by atoms with Crippen LogP contribution in [0.1, 0.15) is 31.4 Å². The van der Waals surface area contributed by atoms with Crippen LogP contribution in [-0.4, -0.2) is 29.5 Å². The van der Waals surface area contributed by atoms with E-state index in [0.29, 0.717) is 12.0 Å². The molecule has 114 valence electrons. The molecule has 5 heteroatoms. The summed E-state index contributed by atoms with van der Waals surface area (Å²) in [5.41, 5.74) is 6.94. The molecular weight excluding hydrogens is 282 g/mol. The van der Waals surface area contributed by atoms with E-state index in [2.05, 4.69) is 16.9 Å². The summed E-state index contributed by atoms with van der Waals surface area (Å²) in [7, 11) is 2.18. The molecule has 2 heterocycles. The molecule has 1 fully saturated rings. The molecule has 21 heavy (non-hydrogen) atoms. The summed E-state index contributed by atoms with van der Waals surface area (Å²) < 4.78 is 5.60. The zero-order valence-corrected chi connectivity index (χ0v) is 13.3. The van der Waals surface area contributed by atoms with Crippen molar-refractivity contribution < 1.29 is 4.42 Å². The molecule has 2 aromatic heterocycles.